The number of phenols is 1. The first-order valence-electron chi connectivity index (χ1n) is 9.45. The lowest BCUT2D eigenvalue weighted by molar-refractivity contribution is 0.373. The maximum absolute atomic E-state index is 14.5. The van der Waals surface area contributed by atoms with Crippen LogP contribution in [0.1, 0.15) is 5.56 Å². The second-order valence-electron chi connectivity index (χ2n) is 7.19. The monoisotopic (exact) mass is 415 g/mol. The van der Waals surface area contributed by atoms with Gasteiger partial charge in [0.25, 0.3) is 0 Å². The van der Waals surface area contributed by atoms with Crippen molar-refractivity contribution in [3.63, 3.8) is 0 Å². The fourth-order valence-electron chi connectivity index (χ4n) is 3.64. The van der Waals surface area contributed by atoms with E-state index in [0.717, 1.165) is 0 Å². The van der Waals surface area contributed by atoms with Crippen LogP contribution in [0.15, 0.2) is 42.6 Å². The second kappa shape index (κ2) is 7.94. The van der Waals surface area contributed by atoms with Crippen LogP contribution >= 0.6 is 0 Å². The molecule has 3 aromatic rings. The molecular formula is C23H18FN5O2. The molecule has 4 rings (SSSR count). The molecule has 3 N–H and O–H groups in total. The van der Waals surface area contributed by atoms with Crippen LogP contribution in [-0.2, 0) is 0 Å². The van der Waals surface area contributed by atoms with Gasteiger partial charge in [-0.25, -0.2) is 9.24 Å². The summed E-state index contributed by atoms with van der Waals surface area (Å²) in [6, 6.07) is 10.9. The van der Waals surface area contributed by atoms with Crippen molar-refractivity contribution in [3.05, 3.63) is 65.4 Å². The third-order valence-electron chi connectivity index (χ3n) is 5.22. The zero-order valence-electron chi connectivity index (χ0n) is 16.6. The quantitative estimate of drug-likeness (QED) is 0.628. The lowest BCUT2D eigenvalue weighted by atomic mass is 9.93. The first kappa shape index (κ1) is 20.1. The van der Waals surface area contributed by atoms with Crippen LogP contribution in [0.3, 0.4) is 0 Å². The molecule has 0 saturated carbocycles. The summed E-state index contributed by atoms with van der Waals surface area (Å²) in [5, 5.41) is 19.3. The van der Waals surface area contributed by atoms with Gasteiger partial charge in [-0.3, -0.25) is 4.98 Å². The molecule has 0 bridgehead atoms. The Morgan fingerprint density at radius 2 is 2.03 bits per heavy atom. The zero-order valence-corrected chi connectivity index (χ0v) is 16.6. The van der Waals surface area contributed by atoms with Crippen LogP contribution in [0.4, 0.5) is 15.9 Å². The predicted octanol–water partition coefficient (Wildman–Crippen LogP) is 3.84. The first-order chi connectivity index (χ1) is 15.0. The van der Waals surface area contributed by atoms with Gasteiger partial charge in [0, 0.05) is 30.9 Å². The number of hydrogen-bond acceptors (Lipinski definition) is 6. The fraction of sp³-hybridized carbons (Fsp3) is 0.174. The van der Waals surface area contributed by atoms with Crippen molar-refractivity contribution in [2.24, 2.45) is 5.73 Å². The van der Waals surface area contributed by atoms with E-state index in [2.05, 4.69) is 9.83 Å². The third-order valence-corrected chi connectivity index (χ3v) is 5.22. The van der Waals surface area contributed by atoms with Crippen molar-refractivity contribution in [2.45, 2.75) is 6.04 Å². The van der Waals surface area contributed by atoms with E-state index in [9.17, 15) is 9.50 Å². The summed E-state index contributed by atoms with van der Waals surface area (Å²) < 4.78 is 19.6. The summed E-state index contributed by atoms with van der Waals surface area (Å²) in [6.45, 7) is 8.96. The molecule has 0 aliphatic carbocycles. The van der Waals surface area contributed by atoms with Gasteiger partial charge in [-0.1, -0.05) is 12.1 Å². The second-order valence-corrected chi connectivity index (χ2v) is 7.19. The summed E-state index contributed by atoms with van der Waals surface area (Å²) in [5.74, 6) is 0.0279. The molecule has 1 fully saturated rings. The number of aromatic hydroxyl groups is 1. The minimum absolute atomic E-state index is 0.00871. The number of aromatic nitrogens is 1. The molecule has 2 aromatic carbocycles. The molecular weight excluding hydrogens is 397 g/mol. The van der Waals surface area contributed by atoms with E-state index in [1.54, 1.807) is 30.5 Å². The van der Waals surface area contributed by atoms with Crippen LogP contribution in [0.2, 0.25) is 0 Å². The van der Waals surface area contributed by atoms with Crippen LogP contribution < -0.4 is 15.4 Å². The number of methoxy groups -OCH3 is 1. The Bertz CT molecular complexity index is 1260. The molecule has 8 heteroatoms. The molecule has 1 aliphatic rings. The van der Waals surface area contributed by atoms with Gasteiger partial charge in [0.05, 0.1) is 19.2 Å². The van der Waals surface area contributed by atoms with Crippen molar-refractivity contribution in [2.75, 3.05) is 25.1 Å². The number of phenolic OH excluding ortho intramolecular Hbond substituents is 1. The molecule has 31 heavy (non-hydrogen) atoms. The zero-order chi connectivity index (χ0) is 22.1. The van der Waals surface area contributed by atoms with Gasteiger partial charge in [-0.05, 0) is 41.0 Å². The van der Waals surface area contributed by atoms with Crippen molar-refractivity contribution in [1.29, 1.82) is 5.26 Å². The number of nitrogens with two attached hydrogens (primary N) is 1. The Kier molecular flexibility index (Phi) is 5.16. The molecule has 0 amide bonds. The lowest BCUT2D eigenvalue weighted by Gasteiger charge is -2.39. The van der Waals surface area contributed by atoms with Gasteiger partial charge in [0.15, 0.2) is 11.5 Å². The number of halogens is 1. The van der Waals surface area contributed by atoms with Crippen LogP contribution in [0, 0.1) is 23.7 Å². The summed E-state index contributed by atoms with van der Waals surface area (Å²) >= 11 is 0. The summed E-state index contributed by atoms with van der Waals surface area (Å²) in [4.78, 5) is 10.1. The average Bonchev–Trinajstić information content (AvgIpc) is 2.75. The van der Waals surface area contributed by atoms with Gasteiger partial charge in [0.1, 0.15) is 17.7 Å². The molecule has 2 heterocycles. The number of hydrogen-bond donors (Lipinski definition) is 2. The topological polar surface area (TPSA) is 99.8 Å². The molecule has 0 atom stereocenters. The van der Waals surface area contributed by atoms with Gasteiger partial charge < -0.3 is 20.5 Å². The van der Waals surface area contributed by atoms with Crippen molar-refractivity contribution < 1.29 is 14.2 Å². The lowest BCUT2D eigenvalue weighted by Crippen LogP contribution is -2.56. The van der Waals surface area contributed by atoms with Crippen molar-refractivity contribution >= 4 is 11.5 Å². The van der Waals surface area contributed by atoms with Gasteiger partial charge in [-0.2, -0.15) is 5.26 Å². The highest BCUT2D eigenvalue weighted by Gasteiger charge is 2.29. The number of nitriles is 1. The number of pyridine rings is 1. The maximum Gasteiger partial charge on any atom is 0.236 e. The highest BCUT2D eigenvalue weighted by atomic mass is 19.1. The average molecular weight is 415 g/mol. The molecule has 0 spiro atoms. The Hall–Kier alpha value is -4.14. The van der Waals surface area contributed by atoms with Crippen LogP contribution in [0.5, 0.6) is 11.5 Å². The Morgan fingerprint density at radius 3 is 2.61 bits per heavy atom. The van der Waals surface area contributed by atoms with Gasteiger partial charge in [0.2, 0.25) is 5.69 Å². The third kappa shape index (κ3) is 3.50. The van der Waals surface area contributed by atoms with Gasteiger partial charge >= 0.3 is 0 Å². The molecule has 7 nitrogen and oxygen atoms in total. The van der Waals surface area contributed by atoms with Crippen LogP contribution in [-0.4, -0.2) is 36.3 Å². The SMILES string of the molecule is [C-]#[N+]c1c(N2CC(N)C2)ncc(-c2ccc(OC)c(O)c2)c1-c1ccc(C#N)c(F)c1. The highest BCUT2D eigenvalue weighted by Crippen LogP contribution is 2.46. The van der Waals surface area contributed by atoms with E-state index < -0.39 is 5.82 Å². The van der Waals surface area contributed by atoms with Gasteiger partial charge in [-0.15, -0.1) is 0 Å². The Balaban J connectivity index is 1.97. The van der Waals surface area contributed by atoms with E-state index >= 15 is 0 Å². The summed E-state index contributed by atoms with van der Waals surface area (Å²) in [7, 11) is 1.45. The van der Waals surface area contributed by atoms with Crippen molar-refractivity contribution in [3.8, 4) is 39.8 Å². The van der Waals surface area contributed by atoms with Crippen LogP contribution in [0.25, 0.3) is 27.1 Å². The molecule has 1 aliphatic heterocycles. The smallest absolute Gasteiger partial charge is 0.236 e. The predicted molar refractivity (Wildman–Crippen MR) is 114 cm³/mol. The number of benzene rings is 2. The molecule has 1 saturated heterocycles. The summed E-state index contributed by atoms with van der Waals surface area (Å²) in [6.07, 6.45) is 1.60. The van der Waals surface area contributed by atoms with Crippen molar-refractivity contribution in [1.82, 2.24) is 4.98 Å². The van der Waals surface area contributed by atoms with E-state index in [0.29, 0.717) is 46.9 Å². The fourth-order valence-corrected chi connectivity index (χ4v) is 3.64. The minimum atomic E-state index is -0.677. The Labute approximate surface area is 178 Å². The normalized spacial score (nSPS) is 13.3. The van der Waals surface area contributed by atoms with E-state index in [4.69, 9.17) is 22.3 Å². The summed E-state index contributed by atoms with van der Waals surface area (Å²) in [5.41, 5.74) is 8.09. The molecule has 0 radical (unpaired) electrons. The standard InChI is InChI=1S/C23H18FN5O2/c1-27-22-21(14-3-4-15(9-25)18(24)7-14)17(10-28-23(22)29-11-16(26)12-29)13-5-6-20(31-2)19(30)8-13/h3-8,10,16,30H,11-12,26H2,2H3. The number of rotatable bonds is 4. The first-order valence-corrected chi connectivity index (χ1v) is 9.45. The van der Waals surface area contributed by atoms with E-state index in [1.807, 2.05) is 4.90 Å². The largest absolute Gasteiger partial charge is 0.504 e. The number of anilines is 1. The maximum atomic E-state index is 14.5. The molecule has 154 valence electrons. The van der Waals surface area contributed by atoms with E-state index in [-0.39, 0.29) is 23.0 Å². The minimum Gasteiger partial charge on any atom is -0.504 e. The van der Waals surface area contributed by atoms with E-state index in [1.165, 1.54) is 25.3 Å². The number of nitrogens with zero attached hydrogens (tertiary/aromatic N) is 4. The number of ether oxygens (including phenoxy) is 1. The Morgan fingerprint density at radius 1 is 1.29 bits per heavy atom. The molecule has 1 aromatic heterocycles. The molecule has 0 unspecified atom stereocenters. The highest BCUT2D eigenvalue weighted by molar-refractivity contribution is 5.97.